The number of benzene rings is 1. The molecule has 2 aromatic rings. The SMILES string of the molecule is CN(CCC(=O)NCc1ccccc1)NC(=O)c1ccncc1. The van der Waals surface area contributed by atoms with E-state index in [1.807, 2.05) is 30.3 Å². The van der Waals surface area contributed by atoms with Gasteiger partial charge in [-0.1, -0.05) is 30.3 Å². The molecule has 1 aromatic carbocycles. The van der Waals surface area contributed by atoms with Crippen molar-refractivity contribution in [3.05, 3.63) is 66.0 Å². The lowest BCUT2D eigenvalue weighted by Crippen LogP contribution is -2.41. The van der Waals surface area contributed by atoms with E-state index in [-0.39, 0.29) is 11.8 Å². The minimum Gasteiger partial charge on any atom is -0.352 e. The van der Waals surface area contributed by atoms with E-state index in [1.165, 1.54) is 0 Å². The quantitative estimate of drug-likeness (QED) is 0.757. The number of nitrogens with zero attached hydrogens (tertiary/aromatic N) is 2. The van der Waals surface area contributed by atoms with Gasteiger partial charge in [-0.05, 0) is 17.7 Å². The van der Waals surface area contributed by atoms with Gasteiger partial charge in [0.25, 0.3) is 5.91 Å². The first-order chi connectivity index (χ1) is 11.1. The van der Waals surface area contributed by atoms with Crippen molar-refractivity contribution in [2.75, 3.05) is 13.6 Å². The maximum Gasteiger partial charge on any atom is 0.265 e. The summed E-state index contributed by atoms with van der Waals surface area (Å²) in [6, 6.07) is 13.0. The summed E-state index contributed by atoms with van der Waals surface area (Å²) >= 11 is 0. The number of hydrogen-bond acceptors (Lipinski definition) is 4. The van der Waals surface area contributed by atoms with Crippen LogP contribution in [-0.2, 0) is 11.3 Å². The van der Waals surface area contributed by atoms with Crippen molar-refractivity contribution in [2.45, 2.75) is 13.0 Å². The molecule has 2 amide bonds. The van der Waals surface area contributed by atoms with E-state index in [0.717, 1.165) is 5.56 Å². The molecule has 6 nitrogen and oxygen atoms in total. The molecular formula is C17H20N4O2. The van der Waals surface area contributed by atoms with Crippen LogP contribution in [0.5, 0.6) is 0 Å². The largest absolute Gasteiger partial charge is 0.352 e. The molecule has 0 fully saturated rings. The number of carbonyl (C=O) groups is 2. The molecule has 1 aromatic heterocycles. The third kappa shape index (κ3) is 5.88. The van der Waals surface area contributed by atoms with E-state index in [9.17, 15) is 9.59 Å². The molecule has 0 aliphatic carbocycles. The van der Waals surface area contributed by atoms with Gasteiger partial charge < -0.3 is 5.32 Å². The standard InChI is InChI=1S/C17H20N4O2/c1-21(20-17(23)15-7-10-18-11-8-15)12-9-16(22)19-13-14-5-3-2-4-6-14/h2-8,10-11H,9,12-13H2,1H3,(H,19,22)(H,20,23). The van der Waals surface area contributed by atoms with E-state index in [2.05, 4.69) is 15.7 Å². The molecule has 0 saturated carbocycles. The molecule has 1 heterocycles. The van der Waals surface area contributed by atoms with E-state index >= 15 is 0 Å². The van der Waals surface area contributed by atoms with Crippen LogP contribution in [0.4, 0.5) is 0 Å². The Morgan fingerprint density at radius 2 is 1.78 bits per heavy atom. The highest BCUT2D eigenvalue weighted by molar-refractivity contribution is 5.93. The number of pyridine rings is 1. The highest BCUT2D eigenvalue weighted by Gasteiger charge is 2.09. The van der Waals surface area contributed by atoms with E-state index in [0.29, 0.717) is 25.1 Å². The van der Waals surface area contributed by atoms with E-state index < -0.39 is 0 Å². The van der Waals surface area contributed by atoms with Crippen LogP contribution < -0.4 is 10.7 Å². The molecule has 0 bridgehead atoms. The molecule has 23 heavy (non-hydrogen) atoms. The number of aromatic nitrogens is 1. The first-order valence-electron chi connectivity index (χ1n) is 7.38. The summed E-state index contributed by atoms with van der Waals surface area (Å²) < 4.78 is 0. The molecule has 0 spiro atoms. The van der Waals surface area contributed by atoms with E-state index in [4.69, 9.17) is 0 Å². The fourth-order valence-electron chi connectivity index (χ4n) is 1.95. The van der Waals surface area contributed by atoms with Crippen molar-refractivity contribution in [3.8, 4) is 0 Å². The van der Waals surface area contributed by atoms with Gasteiger partial charge in [0.15, 0.2) is 0 Å². The zero-order valence-corrected chi connectivity index (χ0v) is 13.0. The van der Waals surface area contributed by atoms with Gasteiger partial charge in [0, 0.05) is 44.5 Å². The summed E-state index contributed by atoms with van der Waals surface area (Å²) in [5, 5.41) is 4.45. The van der Waals surface area contributed by atoms with Crippen LogP contribution in [0.15, 0.2) is 54.9 Å². The molecule has 6 heteroatoms. The van der Waals surface area contributed by atoms with Gasteiger partial charge in [0.1, 0.15) is 0 Å². The summed E-state index contributed by atoms with van der Waals surface area (Å²) in [5.74, 6) is -0.279. The number of rotatable bonds is 7. The van der Waals surface area contributed by atoms with Gasteiger partial charge >= 0.3 is 0 Å². The Labute approximate surface area is 135 Å². The zero-order chi connectivity index (χ0) is 16.5. The zero-order valence-electron chi connectivity index (χ0n) is 13.0. The van der Waals surface area contributed by atoms with Crippen molar-refractivity contribution < 1.29 is 9.59 Å². The summed E-state index contributed by atoms with van der Waals surface area (Å²) in [5.41, 5.74) is 4.30. The molecule has 0 saturated heterocycles. The molecule has 0 aliphatic rings. The number of amides is 2. The highest BCUT2D eigenvalue weighted by atomic mass is 16.2. The average molecular weight is 312 g/mol. The fraction of sp³-hybridized carbons (Fsp3) is 0.235. The Balaban J connectivity index is 1.68. The van der Waals surface area contributed by atoms with Crippen LogP contribution >= 0.6 is 0 Å². The van der Waals surface area contributed by atoms with Crippen LogP contribution in [0.2, 0.25) is 0 Å². The normalized spacial score (nSPS) is 10.3. The lowest BCUT2D eigenvalue weighted by atomic mass is 10.2. The van der Waals surface area contributed by atoms with Crippen LogP contribution in [-0.4, -0.2) is 35.4 Å². The highest BCUT2D eigenvalue weighted by Crippen LogP contribution is 1.98. The second kappa shape index (κ2) is 8.65. The minimum absolute atomic E-state index is 0.0566. The van der Waals surface area contributed by atoms with Gasteiger partial charge in [-0.2, -0.15) is 0 Å². The summed E-state index contributed by atoms with van der Waals surface area (Å²) in [7, 11) is 1.73. The van der Waals surface area contributed by atoms with Gasteiger partial charge in [0.05, 0.1) is 0 Å². The second-order valence-corrected chi connectivity index (χ2v) is 5.11. The maximum atomic E-state index is 11.9. The van der Waals surface area contributed by atoms with Crippen LogP contribution in [0.1, 0.15) is 22.3 Å². The molecule has 0 aliphatic heterocycles. The van der Waals surface area contributed by atoms with Gasteiger partial charge in [-0.25, -0.2) is 5.01 Å². The molecule has 2 N–H and O–H groups in total. The van der Waals surface area contributed by atoms with Crippen LogP contribution in [0.3, 0.4) is 0 Å². The summed E-state index contributed by atoms with van der Waals surface area (Å²) in [6.07, 6.45) is 3.43. The lowest BCUT2D eigenvalue weighted by Gasteiger charge is -2.17. The Morgan fingerprint density at radius 1 is 1.09 bits per heavy atom. The molecule has 0 unspecified atom stereocenters. The summed E-state index contributed by atoms with van der Waals surface area (Å²) in [4.78, 5) is 27.6. The Hall–Kier alpha value is -2.73. The van der Waals surface area contributed by atoms with E-state index in [1.54, 1.807) is 36.6 Å². The number of nitrogens with one attached hydrogen (secondary N) is 2. The Kier molecular flexibility index (Phi) is 6.26. The maximum absolute atomic E-state index is 11.9. The number of hydrazine groups is 1. The van der Waals surface area contributed by atoms with Gasteiger partial charge in [-0.3, -0.25) is 20.0 Å². The second-order valence-electron chi connectivity index (χ2n) is 5.11. The molecule has 0 radical (unpaired) electrons. The van der Waals surface area contributed by atoms with Crippen molar-refractivity contribution in [1.29, 1.82) is 0 Å². The van der Waals surface area contributed by atoms with Crippen molar-refractivity contribution in [2.24, 2.45) is 0 Å². The molecular weight excluding hydrogens is 292 g/mol. The van der Waals surface area contributed by atoms with Crippen LogP contribution in [0.25, 0.3) is 0 Å². The predicted molar refractivity (Wildman–Crippen MR) is 87.2 cm³/mol. The number of carbonyl (C=O) groups excluding carboxylic acids is 2. The Bertz CT molecular complexity index is 632. The fourth-order valence-corrected chi connectivity index (χ4v) is 1.95. The minimum atomic E-state index is -0.223. The molecule has 0 atom stereocenters. The summed E-state index contributed by atoms with van der Waals surface area (Å²) in [6.45, 7) is 0.935. The third-order valence-electron chi connectivity index (χ3n) is 3.24. The lowest BCUT2D eigenvalue weighted by molar-refractivity contribution is -0.121. The smallest absolute Gasteiger partial charge is 0.265 e. The Morgan fingerprint density at radius 3 is 2.48 bits per heavy atom. The van der Waals surface area contributed by atoms with Crippen molar-refractivity contribution in [3.63, 3.8) is 0 Å². The molecule has 2 rings (SSSR count). The van der Waals surface area contributed by atoms with Gasteiger partial charge in [-0.15, -0.1) is 0 Å². The first-order valence-corrected chi connectivity index (χ1v) is 7.38. The molecule has 120 valence electrons. The van der Waals surface area contributed by atoms with Gasteiger partial charge in [0.2, 0.25) is 5.91 Å². The predicted octanol–water partition coefficient (Wildman–Crippen LogP) is 1.36. The number of hydrogen-bond donors (Lipinski definition) is 2. The monoisotopic (exact) mass is 312 g/mol. The van der Waals surface area contributed by atoms with Crippen molar-refractivity contribution >= 4 is 11.8 Å². The third-order valence-corrected chi connectivity index (χ3v) is 3.24. The van der Waals surface area contributed by atoms with Crippen LogP contribution in [0, 0.1) is 0 Å². The first kappa shape index (κ1) is 16.6. The average Bonchev–Trinajstić information content (AvgIpc) is 2.60. The topological polar surface area (TPSA) is 74.3 Å². The van der Waals surface area contributed by atoms with Crippen molar-refractivity contribution in [1.82, 2.24) is 20.7 Å².